The summed E-state index contributed by atoms with van der Waals surface area (Å²) in [5.41, 5.74) is 1.17. The number of nitrogens with zero attached hydrogens (tertiary/aromatic N) is 2. The predicted octanol–water partition coefficient (Wildman–Crippen LogP) is 0.888. The van der Waals surface area contributed by atoms with E-state index in [4.69, 9.17) is 5.11 Å². The van der Waals surface area contributed by atoms with Crippen molar-refractivity contribution in [3.8, 4) is 0 Å². The maximum Gasteiger partial charge on any atom is 0.176 e. The second kappa shape index (κ2) is 4.02. The second-order valence-corrected chi connectivity index (χ2v) is 3.02. The average Bonchev–Trinajstić information content (AvgIpc) is 2.67. The number of nitrogens with one attached hydrogen (secondary N) is 1. The molecule has 2 rings (SSSR count). The van der Waals surface area contributed by atoms with E-state index in [-0.39, 0.29) is 6.61 Å². The van der Waals surface area contributed by atoms with E-state index in [9.17, 15) is 0 Å². The molecule has 2 aromatic rings. The van der Waals surface area contributed by atoms with Crippen LogP contribution in [-0.2, 0) is 13.0 Å². The first-order valence-electron chi connectivity index (χ1n) is 4.43. The van der Waals surface area contributed by atoms with Gasteiger partial charge in [-0.15, -0.1) is 0 Å². The first-order valence-corrected chi connectivity index (χ1v) is 4.43. The molecule has 1 heterocycles. The SMILES string of the molecule is OCc1n[nH]c(Cc2ccccc2)n1. The van der Waals surface area contributed by atoms with Crippen LogP contribution >= 0.6 is 0 Å². The summed E-state index contributed by atoms with van der Waals surface area (Å²) in [6.45, 7) is -0.120. The van der Waals surface area contributed by atoms with Gasteiger partial charge in [0.2, 0.25) is 0 Å². The summed E-state index contributed by atoms with van der Waals surface area (Å²) < 4.78 is 0. The Bertz CT molecular complexity index is 397. The zero-order valence-corrected chi connectivity index (χ0v) is 7.64. The lowest BCUT2D eigenvalue weighted by atomic mass is 10.1. The smallest absolute Gasteiger partial charge is 0.176 e. The Balaban J connectivity index is 2.11. The van der Waals surface area contributed by atoms with Gasteiger partial charge in [-0.25, -0.2) is 4.98 Å². The molecule has 0 aliphatic carbocycles. The first kappa shape index (κ1) is 8.90. The number of aromatic nitrogens is 3. The van der Waals surface area contributed by atoms with Gasteiger partial charge in [0.15, 0.2) is 5.82 Å². The van der Waals surface area contributed by atoms with Crippen LogP contribution in [0.2, 0.25) is 0 Å². The highest BCUT2D eigenvalue weighted by atomic mass is 16.3. The van der Waals surface area contributed by atoms with Crippen LogP contribution in [0.4, 0.5) is 0 Å². The average molecular weight is 189 g/mol. The second-order valence-electron chi connectivity index (χ2n) is 3.02. The third-order valence-corrected chi connectivity index (χ3v) is 1.93. The molecular weight excluding hydrogens is 178 g/mol. The standard InChI is InChI=1S/C10H11N3O/c14-7-10-11-9(12-13-10)6-8-4-2-1-3-5-8/h1-5,14H,6-7H2,(H,11,12,13). The molecule has 1 aromatic heterocycles. The Morgan fingerprint density at radius 3 is 2.64 bits per heavy atom. The summed E-state index contributed by atoms with van der Waals surface area (Å²) >= 11 is 0. The van der Waals surface area contributed by atoms with Crippen LogP contribution in [0, 0.1) is 0 Å². The van der Waals surface area contributed by atoms with Crippen LogP contribution < -0.4 is 0 Å². The minimum Gasteiger partial charge on any atom is -0.388 e. The highest BCUT2D eigenvalue weighted by Gasteiger charge is 2.01. The number of hydrogen-bond donors (Lipinski definition) is 2. The van der Waals surface area contributed by atoms with Crippen molar-refractivity contribution >= 4 is 0 Å². The van der Waals surface area contributed by atoms with Crippen LogP contribution in [0.15, 0.2) is 30.3 Å². The number of aromatic amines is 1. The molecule has 0 aliphatic heterocycles. The summed E-state index contributed by atoms with van der Waals surface area (Å²) in [5.74, 6) is 1.22. The van der Waals surface area contributed by atoms with E-state index in [0.717, 1.165) is 5.82 Å². The Hall–Kier alpha value is -1.68. The molecule has 0 bridgehead atoms. The minimum absolute atomic E-state index is 0.120. The van der Waals surface area contributed by atoms with Gasteiger partial charge in [0, 0.05) is 6.42 Å². The number of benzene rings is 1. The molecule has 0 amide bonds. The molecule has 2 N–H and O–H groups in total. The number of hydrogen-bond acceptors (Lipinski definition) is 3. The third-order valence-electron chi connectivity index (χ3n) is 1.93. The zero-order valence-electron chi connectivity index (χ0n) is 7.64. The van der Waals surface area contributed by atoms with Gasteiger partial charge in [-0.1, -0.05) is 30.3 Å². The number of rotatable bonds is 3. The highest BCUT2D eigenvalue weighted by Crippen LogP contribution is 2.04. The van der Waals surface area contributed by atoms with Gasteiger partial charge in [-0.3, -0.25) is 5.10 Å². The third kappa shape index (κ3) is 1.97. The van der Waals surface area contributed by atoms with Crippen LogP contribution in [0.3, 0.4) is 0 Å². The molecule has 0 spiro atoms. The van der Waals surface area contributed by atoms with Crippen LogP contribution in [0.1, 0.15) is 17.2 Å². The van der Waals surface area contributed by atoms with E-state index >= 15 is 0 Å². The molecule has 0 aliphatic rings. The van der Waals surface area contributed by atoms with E-state index in [1.807, 2.05) is 30.3 Å². The predicted molar refractivity (Wildman–Crippen MR) is 51.6 cm³/mol. The van der Waals surface area contributed by atoms with E-state index in [1.54, 1.807) is 0 Å². The van der Waals surface area contributed by atoms with E-state index in [2.05, 4.69) is 15.2 Å². The molecule has 0 saturated heterocycles. The van der Waals surface area contributed by atoms with Crippen molar-refractivity contribution < 1.29 is 5.11 Å². The fourth-order valence-corrected chi connectivity index (χ4v) is 1.27. The molecule has 0 saturated carbocycles. The zero-order chi connectivity index (χ0) is 9.80. The Labute approximate surface area is 81.6 Å². The lowest BCUT2D eigenvalue weighted by Crippen LogP contribution is -1.90. The number of aliphatic hydroxyl groups excluding tert-OH is 1. The van der Waals surface area contributed by atoms with Crippen molar-refractivity contribution in [1.29, 1.82) is 0 Å². The van der Waals surface area contributed by atoms with Gasteiger partial charge in [0.25, 0.3) is 0 Å². The number of H-pyrrole nitrogens is 1. The van der Waals surface area contributed by atoms with Crippen LogP contribution in [-0.4, -0.2) is 20.3 Å². The van der Waals surface area contributed by atoms with Crippen LogP contribution in [0.25, 0.3) is 0 Å². The summed E-state index contributed by atoms with van der Waals surface area (Å²) in [6.07, 6.45) is 0.716. The molecular formula is C10H11N3O. The topological polar surface area (TPSA) is 61.8 Å². The van der Waals surface area contributed by atoms with Crippen molar-refractivity contribution in [1.82, 2.24) is 15.2 Å². The molecule has 14 heavy (non-hydrogen) atoms. The maximum absolute atomic E-state index is 8.77. The summed E-state index contributed by atoms with van der Waals surface area (Å²) in [5, 5.41) is 15.4. The lowest BCUT2D eigenvalue weighted by molar-refractivity contribution is 0.272. The molecule has 0 fully saturated rings. The molecule has 0 unspecified atom stereocenters. The van der Waals surface area contributed by atoms with Crippen molar-refractivity contribution in [3.05, 3.63) is 47.5 Å². The van der Waals surface area contributed by atoms with Gasteiger partial charge >= 0.3 is 0 Å². The monoisotopic (exact) mass is 189 g/mol. The van der Waals surface area contributed by atoms with Gasteiger partial charge in [-0.05, 0) is 5.56 Å². The van der Waals surface area contributed by atoms with Gasteiger partial charge in [-0.2, -0.15) is 5.10 Å². The first-order chi connectivity index (χ1) is 6.88. The fourth-order valence-electron chi connectivity index (χ4n) is 1.27. The Morgan fingerprint density at radius 2 is 2.00 bits per heavy atom. The van der Waals surface area contributed by atoms with E-state index < -0.39 is 0 Å². The van der Waals surface area contributed by atoms with Crippen molar-refractivity contribution in [2.75, 3.05) is 0 Å². The van der Waals surface area contributed by atoms with Crippen molar-refractivity contribution in [3.63, 3.8) is 0 Å². The molecule has 4 nitrogen and oxygen atoms in total. The molecule has 1 aromatic carbocycles. The largest absolute Gasteiger partial charge is 0.388 e. The summed E-state index contributed by atoms with van der Waals surface area (Å²) in [4.78, 5) is 4.11. The molecule has 4 heteroatoms. The quantitative estimate of drug-likeness (QED) is 0.753. The summed E-state index contributed by atoms with van der Waals surface area (Å²) in [7, 11) is 0. The van der Waals surface area contributed by atoms with Gasteiger partial charge < -0.3 is 5.11 Å². The molecule has 0 atom stereocenters. The summed E-state index contributed by atoms with van der Waals surface area (Å²) in [6, 6.07) is 10.0. The van der Waals surface area contributed by atoms with Gasteiger partial charge in [0.05, 0.1) is 0 Å². The Morgan fingerprint density at radius 1 is 1.21 bits per heavy atom. The van der Waals surface area contributed by atoms with Crippen molar-refractivity contribution in [2.45, 2.75) is 13.0 Å². The highest BCUT2D eigenvalue weighted by molar-refractivity contribution is 5.18. The van der Waals surface area contributed by atoms with E-state index in [0.29, 0.717) is 12.2 Å². The Kier molecular flexibility index (Phi) is 2.55. The van der Waals surface area contributed by atoms with Crippen molar-refractivity contribution in [2.24, 2.45) is 0 Å². The minimum atomic E-state index is -0.120. The number of aliphatic hydroxyl groups is 1. The molecule has 72 valence electrons. The van der Waals surface area contributed by atoms with Gasteiger partial charge in [0.1, 0.15) is 12.4 Å². The maximum atomic E-state index is 8.77. The van der Waals surface area contributed by atoms with E-state index in [1.165, 1.54) is 5.56 Å². The molecule has 0 radical (unpaired) electrons. The fraction of sp³-hybridized carbons (Fsp3) is 0.200. The van der Waals surface area contributed by atoms with Crippen LogP contribution in [0.5, 0.6) is 0 Å². The lowest BCUT2D eigenvalue weighted by Gasteiger charge is -1.95. The normalized spacial score (nSPS) is 10.4.